The second-order valence-corrected chi connectivity index (χ2v) is 9.67. The minimum absolute atomic E-state index is 0.00829. The number of nitrogen functional groups attached to an aromatic ring is 2. The third kappa shape index (κ3) is 5.36. The van der Waals surface area contributed by atoms with Crippen molar-refractivity contribution in [1.29, 1.82) is 0 Å². The van der Waals surface area contributed by atoms with Crippen LogP contribution in [0, 0.1) is 6.92 Å². The highest BCUT2D eigenvalue weighted by atomic mass is 32.2. The summed E-state index contributed by atoms with van der Waals surface area (Å²) in [5.41, 5.74) is 12.7. The first-order chi connectivity index (χ1) is 14.5. The molecule has 0 spiro atoms. The van der Waals surface area contributed by atoms with Crippen molar-refractivity contribution in [2.45, 2.75) is 16.7 Å². The number of nitrogens with two attached hydrogens (primary N) is 2. The van der Waals surface area contributed by atoms with Gasteiger partial charge >= 0.3 is 0 Å². The van der Waals surface area contributed by atoms with E-state index in [1.165, 1.54) is 30.3 Å². The van der Waals surface area contributed by atoms with Gasteiger partial charge < -0.3 is 11.5 Å². The Bertz CT molecular complexity index is 1370. The van der Waals surface area contributed by atoms with E-state index in [1.54, 1.807) is 25.1 Å². The molecule has 162 valence electrons. The van der Waals surface area contributed by atoms with Crippen molar-refractivity contribution in [3.05, 3.63) is 66.2 Å². The van der Waals surface area contributed by atoms with E-state index in [9.17, 15) is 21.4 Å². The lowest BCUT2D eigenvalue weighted by Crippen LogP contribution is -2.12. The molecule has 0 saturated heterocycles. The van der Waals surface area contributed by atoms with E-state index in [-0.39, 0.29) is 22.0 Å². The van der Waals surface area contributed by atoms with Crippen LogP contribution in [-0.2, 0) is 20.1 Å². The van der Waals surface area contributed by atoms with Gasteiger partial charge in [-0.05, 0) is 61.0 Å². The molecule has 0 aliphatic rings. The van der Waals surface area contributed by atoms with Crippen LogP contribution in [0.1, 0.15) is 5.56 Å². The van der Waals surface area contributed by atoms with Gasteiger partial charge in [-0.25, -0.2) is 8.42 Å². The minimum Gasteiger partial charge on any atom is -0.398 e. The maximum atomic E-state index is 12.5. The predicted octanol–water partition coefficient (Wildman–Crippen LogP) is 3.62. The van der Waals surface area contributed by atoms with Crippen LogP contribution in [0.4, 0.5) is 28.4 Å². The van der Waals surface area contributed by atoms with E-state index in [0.29, 0.717) is 11.4 Å². The normalized spacial score (nSPS) is 12.2. The average molecular weight is 462 g/mol. The number of azo groups is 1. The van der Waals surface area contributed by atoms with E-state index < -0.39 is 25.0 Å². The number of hydrogen-bond acceptors (Lipinski definition) is 8. The summed E-state index contributed by atoms with van der Waals surface area (Å²) in [7, 11) is -8.30. The smallest absolute Gasteiger partial charge is 0.296 e. The van der Waals surface area contributed by atoms with Crippen molar-refractivity contribution >= 4 is 48.6 Å². The SMILES string of the molecule is Cc1cccc(S(=O)(=O)Nc2ccc(N=Nc3cc(S(=O)(=O)O)c(N)cc3N)cc2)c1. The number of nitrogens with zero attached hydrogens (tertiary/aromatic N) is 2. The summed E-state index contributed by atoms with van der Waals surface area (Å²) in [5.74, 6) is 0. The van der Waals surface area contributed by atoms with Crippen molar-refractivity contribution in [1.82, 2.24) is 0 Å². The quantitative estimate of drug-likeness (QED) is 0.246. The number of rotatable bonds is 6. The highest BCUT2D eigenvalue weighted by molar-refractivity contribution is 7.92. The molecular weight excluding hydrogens is 442 g/mol. The standard InChI is InChI=1S/C19H19N5O5S2/c1-12-3-2-4-15(9-12)30(25,26)24-14-7-5-13(6-8-14)22-23-18-11-19(31(27,28)29)17(21)10-16(18)20/h2-11,24H,20-21H2,1H3,(H,27,28,29). The number of benzene rings is 3. The maximum Gasteiger partial charge on any atom is 0.296 e. The molecule has 0 saturated carbocycles. The zero-order chi connectivity index (χ0) is 22.8. The van der Waals surface area contributed by atoms with E-state index in [4.69, 9.17) is 11.5 Å². The van der Waals surface area contributed by atoms with Crippen LogP contribution in [0.3, 0.4) is 0 Å². The van der Waals surface area contributed by atoms with E-state index in [0.717, 1.165) is 17.7 Å². The Morgan fingerprint density at radius 3 is 2.16 bits per heavy atom. The van der Waals surface area contributed by atoms with Gasteiger partial charge in [-0.3, -0.25) is 9.27 Å². The van der Waals surface area contributed by atoms with E-state index in [2.05, 4.69) is 15.0 Å². The van der Waals surface area contributed by atoms with Crippen molar-refractivity contribution < 1.29 is 21.4 Å². The maximum absolute atomic E-state index is 12.5. The number of sulfonamides is 1. The molecule has 0 aliphatic carbocycles. The molecule has 0 fully saturated rings. The van der Waals surface area contributed by atoms with Gasteiger partial charge in [-0.15, -0.1) is 5.11 Å². The third-order valence-corrected chi connectivity index (χ3v) is 6.42. The van der Waals surface area contributed by atoms with Gasteiger partial charge in [0, 0.05) is 5.69 Å². The first kappa shape index (κ1) is 22.2. The molecule has 0 atom stereocenters. The van der Waals surface area contributed by atoms with Crippen molar-refractivity contribution in [2.75, 3.05) is 16.2 Å². The fraction of sp³-hybridized carbons (Fsp3) is 0.0526. The molecule has 0 amide bonds. The largest absolute Gasteiger partial charge is 0.398 e. The predicted molar refractivity (Wildman–Crippen MR) is 118 cm³/mol. The van der Waals surface area contributed by atoms with Crippen LogP contribution in [0.5, 0.6) is 0 Å². The minimum atomic E-state index is -4.55. The molecule has 31 heavy (non-hydrogen) atoms. The molecule has 0 unspecified atom stereocenters. The Morgan fingerprint density at radius 2 is 1.55 bits per heavy atom. The molecule has 12 heteroatoms. The highest BCUT2D eigenvalue weighted by Crippen LogP contribution is 2.32. The van der Waals surface area contributed by atoms with E-state index in [1.807, 2.05) is 0 Å². The van der Waals surface area contributed by atoms with Gasteiger partial charge in [0.1, 0.15) is 10.6 Å². The fourth-order valence-corrected chi connectivity index (χ4v) is 4.40. The van der Waals surface area contributed by atoms with E-state index >= 15 is 0 Å². The van der Waals surface area contributed by atoms with Gasteiger partial charge in [0.05, 0.1) is 22.0 Å². The molecule has 3 rings (SSSR count). The molecule has 0 heterocycles. The van der Waals surface area contributed by atoms with Crippen LogP contribution in [0.2, 0.25) is 0 Å². The molecular formula is C19H19N5O5S2. The first-order valence-corrected chi connectivity index (χ1v) is 11.7. The van der Waals surface area contributed by atoms with Crippen LogP contribution in [0.25, 0.3) is 0 Å². The number of anilines is 3. The fourth-order valence-electron chi connectivity index (χ4n) is 2.62. The second kappa shape index (κ2) is 8.34. The lowest BCUT2D eigenvalue weighted by Gasteiger charge is -2.09. The Labute approximate surface area is 179 Å². The zero-order valence-electron chi connectivity index (χ0n) is 16.2. The van der Waals surface area contributed by atoms with Crippen molar-refractivity contribution in [2.24, 2.45) is 10.2 Å². The molecule has 0 radical (unpaired) electrons. The summed E-state index contributed by atoms with van der Waals surface area (Å²) in [6, 6.07) is 14.7. The molecule has 0 aromatic heterocycles. The van der Waals surface area contributed by atoms with Gasteiger partial charge in [0.2, 0.25) is 0 Å². The topological polar surface area (TPSA) is 177 Å². The lowest BCUT2D eigenvalue weighted by molar-refractivity contribution is 0.483. The summed E-state index contributed by atoms with van der Waals surface area (Å²) >= 11 is 0. The number of nitrogens with one attached hydrogen (secondary N) is 1. The summed E-state index contributed by atoms with van der Waals surface area (Å²) in [5, 5.41) is 7.83. The molecule has 3 aromatic carbocycles. The molecule has 3 aromatic rings. The Balaban J connectivity index is 1.81. The third-order valence-electron chi connectivity index (χ3n) is 4.13. The Kier molecular flexibility index (Phi) is 5.97. The summed E-state index contributed by atoms with van der Waals surface area (Å²) in [4.78, 5) is -0.388. The van der Waals surface area contributed by atoms with Crippen molar-refractivity contribution in [3.63, 3.8) is 0 Å². The summed E-state index contributed by atoms with van der Waals surface area (Å²) in [6.45, 7) is 1.80. The summed E-state index contributed by atoms with van der Waals surface area (Å²) in [6.07, 6.45) is 0. The molecule has 10 nitrogen and oxygen atoms in total. The number of hydrogen-bond donors (Lipinski definition) is 4. The first-order valence-electron chi connectivity index (χ1n) is 8.73. The van der Waals surface area contributed by atoms with Gasteiger partial charge in [0.25, 0.3) is 20.1 Å². The summed E-state index contributed by atoms with van der Waals surface area (Å²) < 4.78 is 59.4. The van der Waals surface area contributed by atoms with Gasteiger partial charge in [0.15, 0.2) is 0 Å². The van der Waals surface area contributed by atoms with Gasteiger partial charge in [-0.1, -0.05) is 12.1 Å². The highest BCUT2D eigenvalue weighted by Gasteiger charge is 2.17. The zero-order valence-corrected chi connectivity index (χ0v) is 17.9. The van der Waals surface area contributed by atoms with Crippen molar-refractivity contribution in [3.8, 4) is 0 Å². The van der Waals surface area contributed by atoms with Crippen LogP contribution >= 0.6 is 0 Å². The van der Waals surface area contributed by atoms with Crippen LogP contribution in [0.15, 0.2) is 80.7 Å². The lowest BCUT2D eigenvalue weighted by atomic mass is 10.2. The molecule has 6 N–H and O–H groups in total. The second-order valence-electron chi connectivity index (χ2n) is 6.59. The monoisotopic (exact) mass is 461 g/mol. The van der Waals surface area contributed by atoms with Crippen LogP contribution < -0.4 is 16.2 Å². The average Bonchev–Trinajstić information content (AvgIpc) is 2.67. The molecule has 0 bridgehead atoms. The number of aryl methyl sites for hydroxylation is 1. The Hall–Kier alpha value is -3.48. The van der Waals surface area contributed by atoms with Gasteiger partial charge in [-0.2, -0.15) is 13.5 Å². The molecule has 0 aliphatic heterocycles. The van der Waals surface area contributed by atoms with Crippen LogP contribution in [-0.4, -0.2) is 21.4 Å². The Morgan fingerprint density at radius 1 is 0.871 bits per heavy atom.